The highest BCUT2D eigenvalue weighted by Gasteiger charge is 2.29. The molecule has 0 rings (SSSR count). The third-order valence-corrected chi connectivity index (χ3v) is 3.64. The van der Waals surface area contributed by atoms with Gasteiger partial charge < -0.3 is 20.1 Å². The van der Waals surface area contributed by atoms with E-state index in [4.69, 9.17) is 4.74 Å². The molecule has 0 bridgehead atoms. The van der Waals surface area contributed by atoms with E-state index in [-0.39, 0.29) is 32.5 Å². The van der Waals surface area contributed by atoms with Crippen molar-refractivity contribution in [1.29, 1.82) is 0 Å². The lowest BCUT2D eigenvalue weighted by Gasteiger charge is -2.28. The number of ether oxygens (including phenoxy) is 1. The van der Waals surface area contributed by atoms with Gasteiger partial charge in [-0.3, -0.25) is 0 Å². The van der Waals surface area contributed by atoms with Crippen LogP contribution in [0.5, 0.6) is 0 Å². The van der Waals surface area contributed by atoms with E-state index in [9.17, 15) is 15.3 Å². The Labute approximate surface area is 117 Å². The predicted octanol–water partition coefficient (Wildman–Crippen LogP) is 2.11. The Balaban J connectivity index is 3.65. The zero-order valence-electron chi connectivity index (χ0n) is 12.6. The van der Waals surface area contributed by atoms with Gasteiger partial charge in [-0.05, 0) is 13.3 Å². The zero-order valence-corrected chi connectivity index (χ0v) is 12.6. The van der Waals surface area contributed by atoms with Gasteiger partial charge in [0.05, 0.1) is 37.9 Å². The monoisotopic (exact) mass is 276 g/mol. The van der Waals surface area contributed by atoms with Crippen molar-refractivity contribution in [2.75, 3.05) is 26.4 Å². The fraction of sp³-hybridized carbons (Fsp3) is 1.00. The molecule has 0 aromatic carbocycles. The molecular formula is C15H32O4. The minimum atomic E-state index is -0.907. The van der Waals surface area contributed by atoms with Gasteiger partial charge in [-0.25, -0.2) is 0 Å². The lowest BCUT2D eigenvalue weighted by Crippen LogP contribution is -2.39. The molecule has 0 radical (unpaired) electrons. The summed E-state index contributed by atoms with van der Waals surface area (Å²) >= 11 is 0. The van der Waals surface area contributed by atoms with E-state index in [2.05, 4.69) is 6.92 Å². The summed E-state index contributed by atoms with van der Waals surface area (Å²) in [5, 5.41) is 27.6. The van der Waals surface area contributed by atoms with E-state index in [1.807, 2.05) is 6.92 Å². The molecule has 0 aromatic heterocycles. The summed E-state index contributed by atoms with van der Waals surface area (Å²) in [6, 6.07) is 0. The average Bonchev–Trinajstić information content (AvgIpc) is 2.45. The third kappa shape index (κ3) is 8.58. The maximum atomic E-state index is 9.19. The van der Waals surface area contributed by atoms with Gasteiger partial charge >= 0.3 is 0 Å². The SMILES string of the molecule is CCCCCCCCC(C)OCC(CO)(CO)CO. The van der Waals surface area contributed by atoms with Crippen LogP contribution in [0.3, 0.4) is 0 Å². The number of rotatable bonds is 13. The zero-order chi connectivity index (χ0) is 14.6. The van der Waals surface area contributed by atoms with E-state index in [1.54, 1.807) is 0 Å². The maximum Gasteiger partial charge on any atom is 0.0629 e. The second-order valence-electron chi connectivity index (χ2n) is 5.65. The first-order valence-electron chi connectivity index (χ1n) is 7.58. The highest BCUT2D eigenvalue weighted by atomic mass is 16.5. The molecular weight excluding hydrogens is 244 g/mol. The number of aliphatic hydroxyl groups excluding tert-OH is 3. The lowest BCUT2D eigenvalue weighted by atomic mass is 9.92. The summed E-state index contributed by atoms with van der Waals surface area (Å²) in [6.45, 7) is 3.64. The van der Waals surface area contributed by atoms with Crippen LogP contribution in [-0.2, 0) is 4.74 Å². The maximum absolute atomic E-state index is 9.19. The first-order valence-corrected chi connectivity index (χ1v) is 7.58. The van der Waals surface area contributed by atoms with Crippen molar-refractivity contribution in [3.05, 3.63) is 0 Å². The minimum Gasteiger partial charge on any atom is -0.396 e. The van der Waals surface area contributed by atoms with Crippen LogP contribution in [0.2, 0.25) is 0 Å². The van der Waals surface area contributed by atoms with Crippen LogP contribution in [0.15, 0.2) is 0 Å². The van der Waals surface area contributed by atoms with Gasteiger partial charge in [0.1, 0.15) is 0 Å². The summed E-state index contributed by atoms with van der Waals surface area (Å²) in [5.41, 5.74) is -0.907. The van der Waals surface area contributed by atoms with Crippen LogP contribution in [0.25, 0.3) is 0 Å². The highest BCUT2D eigenvalue weighted by molar-refractivity contribution is 4.76. The molecule has 0 heterocycles. The molecule has 4 heteroatoms. The van der Waals surface area contributed by atoms with Crippen LogP contribution in [0.4, 0.5) is 0 Å². The van der Waals surface area contributed by atoms with Gasteiger partial charge in [0.2, 0.25) is 0 Å². The Morgan fingerprint density at radius 3 is 1.95 bits per heavy atom. The molecule has 116 valence electrons. The molecule has 19 heavy (non-hydrogen) atoms. The molecule has 0 aromatic rings. The topological polar surface area (TPSA) is 69.9 Å². The van der Waals surface area contributed by atoms with E-state index in [0.29, 0.717) is 0 Å². The molecule has 0 saturated heterocycles. The van der Waals surface area contributed by atoms with Crippen molar-refractivity contribution in [2.45, 2.75) is 64.9 Å². The normalized spacial score (nSPS) is 13.7. The van der Waals surface area contributed by atoms with Crippen molar-refractivity contribution >= 4 is 0 Å². The molecule has 3 N–H and O–H groups in total. The van der Waals surface area contributed by atoms with Crippen LogP contribution < -0.4 is 0 Å². The van der Waals surface area contributed by atoms with E-state index in [1.165, 1.54) is 32.1 Å². The predicted molar refractivity (Wildman–Crippen MR) is 77.1 cm³/mol. The van der Waals surface area contributed by atoms with Crippen LogP contribution in [-0.4, -0.2) is 47.9 Å². The number of hydrogen-bond donors (Lipinski definition) is 3. The summed E-state index contributed by atoms with van der Waals surface area (Å²) in [7, 11) is 0. The van der Waals surface area contributed by atoms with E-state index < -0.39 is 5.41 Å². The van der Waals surface area contributed by atoms with Gasteiger partial charge in [0.25, 0.3) is 0 Å². The third-order valence-electron chi connectivity index (χ3n) is 3.64. The molecule has 0 aliphatic rings. The summed E-state index contributed by atoms with van der Waals surface area (Å²) in [4.78, 5) is 0. The Kier molecular flexibility index (Phi) is 11.6. The molecule has 4 nitrogen and oxygen atoms in total. The van der Waals surface area contributed by atoms with Gasteiger partial charge in [-0.2, -0.15) is 0 Å². The smallest absolute Gasteiger partial charge is 0.0629 e. The quantitative estimate of drug-likeness (QED) is 0.451. The number of unbranched alkanes of at least 4 members (excludes halogenated alkanes) is 5. The Bertz CT molecular complexity index is 184. The van der Waals surface area contributed by atoms with Crippen molar-refractivity contribution in [1.82, 2.24) is 0 Å². The molecule has 0 spiro atoms. The fourth-order valence-electron chi connectivity index (χ4n) is 1.90. The summed E-state index contributed by atoms with van der Waals surface area (Å²) in [6.07, 6.45) is 8.67. The van der Waals surface area contributed by atoms with E-state index in [0.717, 1.165) is 12.8 Å². The van der Waals surface area contributed by atoms with Gasteiger partial charge in [0.15, 0.2) is 0 Å². The average molecular weight is 276 g/mol. The van der Waals surface area contributed by atoms with Crippen molar-refractivity contribution < 1.29 is 20.1 Å². The standard InChI is InChI=1S/C15H32O4/c1-3-4-5-6-7-8-9-14(2)19-13-15(10-16,11-17)12-18/h14,16-18H,3-13H2,1-2H3. The number of aliphatic hydroxyl groups is 3. The van der Waals surface area contributed by atoms with Crippen LogP contribution >= 0.6 is 0 Å². The van der Waals surface area contributed by atoms with Crippen molar-refractivity contribution in [2.24, 2.45) is 5.41 Å². The summed E-state index contributed by atoms with van der Waals surface area (Å²) < 4.78 is 5.63. The largest absolute Gasteiger partial charge is 0.396 e. The first kappa shape index (κ1) is 18.8. The molecule has 1 atom stereocenters. The van der Waals surface area contributed by atoms with E-state index >= 15 is 0 Å². The lowest BCUT2D eigenvalue weighted by molar-refractivity contribution is -0.0777. The fourth-order valence-corrected chi connectivity index (χ4v) is 1.90. The Morgan fingerprint density at radius 2 is 1.42 bits per heavy atom. The molecule has 0 fully saturated rings. The minimum absolute atomic E-state index is 0.107. The second kappa shape index (κ2) is 11.6. The van der Waals surface area contributed by atoms with Crippen LogP contribution in [0.1, 0.15) is 58.8 Å². The molecule has 1 unspecified atom stereocenters. The van der Waals surface area contributed by atoms with Gasteiger partial charge in [-0.1, -0.05) is 45.4 Å². The summed E-state index contributed by atoms with van der Waals surface area (Å²) in [5.74, 6) is 0. The molecule has 0 aliphatic heterocycles. The Hall–Kier alpha value is -0.160. The highest BCUT2D eigenvalue weighted by Crippen LogP contribution is 2.18. The van der Waals surface area contributed by atoms with Crippen LogP contribution in [0, 0.1) is 5.41 Å². The van der Waals surface area contributed by atoms with Crippen molar-refractivity contribution in [3.8, 4) is 0 Å². The second-order valence-corrected chi connectivity index (χ2v) is 5.65. The van der Waals surface area contributed by atoms with Crippen molar-refractivity contribution in [3.63, 3.8) is 0 Å². The molecule has 0 amide bonds. The molecule has 0 saturated carbocycles. The van der Waals surface area contributed by atoms with Gasteiger partial charge in [-0.15, -0.1) is 0 Å². The number of hydrogen-bond acceptors (Lipinski definition) is 4. The first-order chi connectivity index (χ1) is 9.14. The Morgan fingerprint density at radius 1 is 0.895 bits per heavy atom. The van der Waals surface area contributed by atoms with Gasteiger partial charge in [0, 0.05) is 0 Å². The molecule has 0 aliphatic carbocycles.